The molecular weight excluding hydrogens is 200 g/mol. The Labute approximate surface area is 88.3 Å². The van der Waals surface area contributed by atoms with Gasteiger partial charge in [-0.05, 0) is 6.42 Å². The minimum Gasteiger partial charge on any atom is -0.469 e. The van der Waals surface area contributed by atoms with Crippen LogP contribution >= 0.6 is 0 Å². The molecule has 1 aliphatic heterocycles. The van der Waals surface area contributed by atoms with Crippen LogP contribution in [0.4, 0.5) is 4.79 Å². The van der Waals surface area contributed by atoms with E-state index in [4.69, 9.17) is 0 Å². The van der Waals surface area contributed by atoms with E-state index >= 15 is 0 Å². The highest BCUT2D eigenvalue weighted by atomic mass is 16.5. The Morgan fingerprint density at radius 3 is 2.73 bits per heavy atom. The molecule has 1 fully saturated rings. The van der Waals surface area contributed by atoms with Gasteiger partial charge in [-0.1, -0.05) is 0 Å². The first kappa shape index (κ1) is 11.8. The third-order valence-electron chi connectivity index (χ3n) is 2.37. The minimum absolute atomic E-state index is 0.0205. The number of methoxy groups -OCH3 is 2. The van der Waals surface area contributed by atoms with Crippen molar-refractivity contribution in [2.75, 3.05) is 20.8 Å². The van der Waals surface area contributed by atoms with Crippen molar-refractivity contribution >= 4 is 12.1 Å². The standard InChI is InChI=1S/C9H16N2O4/c1-14-8(12)4-6-3-7(5-10-6)11-9(13)15-2/h6-7,10H,3-5H2,1-2H3,(H,11,13)/t6-,7+/m0/s1. The SMILES string of the molecule is COC(=O)C[C@@H]1C[C@@H](NC(=O)OC)CN1. The number of carbonyl (C=O) groups excluding carboxylic acids is 2. The van der Waals surface area contributed by atoms with Crippen molar-refractivity contribution in [1.82, 2.24) is 10.6 Å². The molecule has 0 spiro atoms. The molecule has 0 radical (unpaired) electrons. The number of amides is 1. The van der Waals surface area contributed by atoms with Gasteiger partial charge in [0, 0.05) is 18.6 Å². The predicted molar refractivity (Wildman–Crippen MR) is 52.4 cm³/mol. The van der Waals surface area contributed by atoms with E-state index in [0.717, 1.165) is 0 Å². The average Bonchev–Trinajstić information content (AvgIpc) is 2.65. The summed E-state index contributed by atoms with van der Waals surface area (Å²) in [4.78, 5) is 21.9. The van der Waals surface area contributed by atoms with Gasteiger partial charge in [0.2, 0.25) is 0 Å². The second-order valence-electron chi connectivity index (χ2n) is 3.45. The summed E-state index contributed by atoms with van der Waals surface area (Å²) < 4.78 is 9.04. The highest BCUT2D eigenvalue weighted by Gasteiger charge is 2.27. The van der Waals surface area contributed by atoms with E-state index in [9.17, 15) is 9.59 Å². The summed E-state index contributed by atoms with van der Waals surface area (Å²) in [5, 5.41) is 5.80. The molecule has 1 amide bonds. The molecular formula is C9H16N2O4. The second-order valence-corrected chi connectivity index (χ2v) is 3.45. The third-order valence-corrected chi connectivity index (χ3v) is 2.37. The van der Waals surface area contributed by atoms with Crippen LogP contribution in [0.1, 0.15) is 12.8 Å². The quantitative estimate of drug-likeness (QED) is 0.630. The number of esters is 1. The van der Waals surface area contributed by atoms with E-state index in [-0.39, 0.29) is 18.1 Å². The summed E-state index contributed by atoms with van der Waals surface area (Å²) in [7, 11) is 2.69. The molecule has 15 heavy (non-hydrogen) atoms. The molecule has 6 heteroatoms. The van der Waals surface area contributed by atoms with Crippen molar-refractivity contribution in [1.29, 1.82) is 0 Å². The van der Waals surface area contributed by atoms with Crippen LogP contribution in [0.25, 0.3) is 0 Å². The molecule has 2 atom stereocenters. The minimum atomic E-state index is -0.444. The summed E-state index contributed by atoms with van der Waals surface area (Å²) in [6, 6.07) is 0.0895. The maximum atomic E-state index is 11.0. The maximum Gasteiger partial charge on any atom is 0.407 e. The van der Waals surface area contributed by atoms with Crippen molar-refractivity contribution < 1.29 is 19.1 Å². The molecule has 86 valence electrons. The van der Waals surface area contributed by atoms with Crippen molar-refractivity contribution in [3.63, 3.8) is 0 Å². The fourth-order valence-electron chi connectivity index (χ4n) is 1.59. The van der Waals surface area contributed by atoms with Crippen molar-refractivity contribution in [3.8, 4) is 0 Å². The lowest BCUT2D eigenvalue weighted by atomic mass is 10.1. The van der Waals surface area contributed by atoms with Crippen LogP contribution in [-0.2, 0) is 14.3 Å². The molecule has 1 aliphatic rings. The summed E-state index contributed by atoms with van der Waals surface area (Å²) in [6.45, 7) is 0.650. The molecule has 1 rings (SSSR count). The van der Waals surface area contributed by atoms with Crippen LogP contribution in [0.2, 0.25) is 0 Å². The Hall–Kier alpha value is -1.30. The molecule has 0 unspecified atom stereocenters. The van der Waals surface area contributed by atoms with Crippen LogP contribution in [-0.4, -0.2) is 44.9 Å². The first-order valence-corrected chi connectivity index (χ1v) is 4.80. The lowest BCUT2D eigenvalue weighted by molar-refractivity contribution is -0.141. The Kier molecular flexibility index (Phi) is 4.36. The first-order chi connectivity index (χ1) is 7.15. The van der Waals surface area contributed by atoms with Crippen LogP contribution < -0.4 is 10.6 Å². The Bertz CT molecular complexity index is 220. The van der Waals surface area contributed by atoms with Gasteiger partial charge in [-0.25, -0.2) is 4.79 Å². The van der Waals surface area contributed by atoms with Crippen molar-refractivity contribution in [2.45, 2.75) is 24.9 Å². The van der Waals surface area contributed by atoms with Gasteiger partial charge in [-0.15, -0.1) is 0 Å². The van der Waals surface area contributed by atoms with Crippen LogP contribution in [0.3, 0.4) is 0 Å². The number of rotatable bonds is 3. The fraction of sp³-hybridized carbons (Fsp3) is 0.778. The summed E-state index contributed by atoms with van der Waals surface area (Å²) in [5.41, 5.74) is 0. The number of ether oxygens (including phenoxy) is 2. The van der Waals surface area contributed by atoms with Crippen LogP contribution in [0.15, 0.2) is 0 Å². The molecule has 0 aromatic heterocycles. The van der Waals surface area contributed by atoms with E-state index in [1.54, 1.807) is 0 Å². The smallest absolute Gasteiger partial charge is 0.407 e. The zero-order chi connectivity index (χ0) is 11.3. The highest BCUT2D eigenvalue weighted by molar-refractivity contribution is 5.70. The topological polar surface area (TPSA) is 76.7 Å². The zero-order valence-corrected chi connectivity index (χ0v) is 8.91. The normalized spacial score (nSPS) is 24.7. The van der Waals surface area contributed by atoms with Gasteiger partial charge in [-0.3, -0.25) is 4.79 Å². The summed E-state index contributed by atoms with van der Waals surface area (Å²) in [5.74, 6) is -0.244. The van der Waals surface area contributed by atoms with Crippen molar-refractivity contribution in [3.05, 3.63) is 0 Å². The maximum absolute atomic E-state index is 11.0. The monoisotopic (exact) mass is 216 g/mol. The van der Waals surface area contributed by atoms with E-state index in [1.165, 1.54) is 14.2 Å². The molecule has 1 heterocycles. The molecule has 1 saturated heterocycles. The summed E-state index contributed by atoms with van der Waals surface area (Å²) >= 11 is 0. The summed E-state index contributed by atoms with van der Waals surface area (Å²) in [6.07, 6.45) is 0.598. The Balaban J connectivity index is 2.26. The van der Waals surface area contributed by atoms with Crippen molar-refractivity contribution in [2.24, 2.45) is 0 Å². The van der Waals surface area contributed by atoms with Crippen LogP contribution in [0, 0.1) is 0 Å². The van der Waals surface area contributed by atoms with E-state index in [0.29, 0.717) is 19.4 Å². The molecule has 2 N–H and O–H groups in total. The van der Waals surface area contributed by atoms with E-state index in [2.05, 4.69) is 20.1 Å². The Morgan fingerprint density at radius 1 is 1.40 bits per heavy atom. The number of carbonyl (C=O) groups is 2. The lowest BCUT2D eigenvalue weighted by Gasteiger charge is -2.10. The van der Waals surface area contributed by atoms with Gasteiger partial charge in [-0.2, -0.15) is 0 Å². The predicted octanol–water partition coefficient (Wildman–Crippen LogP) is -0.364. The van der Waals surface area contributed by atoms with E-state index in [1.807, 2.05) is 0 Å². The van der Waals surface area contributed by atoms with Gasteiger partial charge in [0.1, 0.15) is 0 Å². The number of nitrogens with one attached hydrogen (secondary N) is 2. The molecule has 6 nitrogen and oxygen atoms in total. The van der Waals surface area contributed by atoms with Gasteiger partial charge in [0.05, 0.1) is 20.6 Å². The third kappa shape index (κ3) is 3.75. The van der Waals surface area contributed by atoms with E-state index < -0.39 is 6.09 Å². The Morgan fingerprint density at radius 2 is 2.13 bits per heavy atom. The molecule has 0 aliphatic carbocycles. The fourth-order valence-corrected chi connectivity index (χ4v) is 1.59. The van der Waals surface area contributed by atoms with Gasteiger partial charge >= 0.3 is 12.1 Å². The number of alkyl carbamates (subject to hydrolysis) is 1. The average molecular weight is 216 g/mol. The largest absolute Gasteiger partial charge is 0.469 e. The molecule has 0 bridgehead atoms. The molecule has 0 aromatic carbocycles. The van der Waals surface area contributed by atoms with Crippen LogP contribution in [0.5, 0.6) is 0 Å². The van der Waals surface area contributed by atoms with Gasteiger partial charge in [0.15, 0.2) is 0 Å². The van der Waals surface area contributed by atoms with Gasteiger partial charge < -0.3 is 20.1 Å². The number of hydrogen-bond acceptors (Lipinski definition) is 5. The zero-order valence-electron chi connectivity index (χ0n) is 8.91. The second kappa shape index (κ2) is 5.55. The highest BCUT2D eigenvalue weighted by Crippen LogP contribution is 2.10. The first-order valence-electron chi connectivity index (χ1n) is 4.80. The number of hydrogen-bond donors (Lipinski definition) is 2. The van der Waals surface area contributed by atoms with Gasteiger partial charge in [0.25, 0.3) is 0 Å². The molecule has 0 aromatic rings. The molecule has 0 saturated carbocycles. The lowest BCUT2D eigenvalue weighted by Crippen LogP contribution is -2.35.